The molecule has 1 aliphatic rings. The van der Waals surface area contributed by atoms with Crippen molar-refractivity contribution >= 4 is 15.7 Å². The fraction of sp³-hybridized carbons (Fsp3) is 0.471. The summed E-state index contributed by atoms with van der Waals surface area (Å²) in [5.41, 5.74) is 3.04. The van der Waals surface area contributed by atoms with E-state index in [2.05, 4.69) is 15.1 Å². The zero-order valence-corrected chi connectivity index (χ0v) is 15.6. The maximum atomic E-state index is 12.8. The standard InChI is InChI=1S/C17H24N4O3S/c1-4-24-15-5-7-16(8-6-15)25(22,23)21-11-9-20(10-12-21)17-13(2)18-19-14(17)3/h5-8H,4,9-12H2,1-3H3,(H,18,19). The molecule has 7 nitrogen and oxygen atoms in total. The zero-order valence-electron chi connectivity index (χ0n) is 14.8. The van der Waals surface area contributed by atoms with Crippen molar-refractivity contribution in [1.29, 1.82) is 0 Å². The molecular formula is C17H24N4O3S. The van der Waals surface area contributed by atoms with Gasteiger partial charge in [0, 0.05) is 26.2 Å². The van der Waals surface area contributed by atoms with E-state index in [1.54, 1.807) is 28.6 Å². The van der Waals surface area contributed by atoms with Crippen molar-refractivity contribution in [2.24, 2.45) is 0 Å². The van der Waals surface area contributed by atoms with Gasteiger partial charge in [-0.05, 0) is 45.0 Å². The number of nitrogens with zero attached hydrogens (tertiary/aromatic N) is 3. The molecule has 8 heteroatoms. The van der Waals surface area contributed by atoms with Crippen LogP contribution in [0.25, 0.3) is 0 Å². The highest BCUT2D eigenvalue weighted by Gasteiger charge is 2.29. The van der Waals surface area contributed by atoms with E-state index in [9.17, 15) is 8.42 Å². The summed E-state index contributed by atoms with van der Waals surface area (Å²) in [4.78, 5) is 2.50. The van der Waals surface area contributed by atoms with Crippen LogP contribution in [-0.2, 0) is 10.0 Å². The number of aromatic amines is 1. The first-order chi connectivity index (χ1) is 11.9. The van der Waals surface area contributed by atoms with E-state index in [-0.39, 0.29) is 0 Å². The molecule has 0 aliphatic carbocycles. The van der Waals surface area contributed by atoms with Crippen LogP contribution in [0.3, 0.4) is 0 Å². The number of aryl methyl sites for hydroxylation is 2. The van der Waals surface area contributed by atoms with Crippen molar-refractivity contribution in [3.8, 4) is 5.75 Å². The van der Waals surface area contributed by atoms with Gasteiger partial charge in [-0.3, -0.25) is 5.10 Å². The lowest BCUT2D eigenvalue weighted by atomic mass is 10.2. The van der Waals surface area contributed by atoms with Gasteiger partial charge in [-0.25, -0.2) is 8.42 Å². The number of hydrogen-bond acceptors (Lipinski definition) is 5. The van der Waals surface area contributed by atoms with Gasteiger partial charge >= 0.3 is 0 Å². The summed E-state index contributed by atoms with van der Waals surface area (Å²) in [6.45, 7) is 8.61. The zero-order chi connectivity index (χ0) is 18.0. The summed E-state index contributed by atoms with van der Waals surface area (Å²) < 4.78 is 32.6. The number of benzene rings is 1. The molecule has 136 valence electrons. The summed E-state index contributed by atoms with van der Waals surface area (Å²) in [5, 5.41) is 7.20. The third kappa shape index (κ3) is 3.50. The molecule has 1 aromatic heterocycles. The number of anilines is 1. The second kappa shape index (κ2) is 7.05. The summed E-state index contributed by atoms with van der Waals surface area (Å²) in [7, 11) is -3.48. The molecule has 0 spiro atoms. The Morgan fingerprint density at radius 2 is 1.76 bits per heavy atom. The molecule has 0 amide bonds. The van der Waals surface area contributed by atoms with E-state index in [0.29, 0.717) is 43.4 Å². The monoisotopic (exact) mass is 364 g/mol. The van der Waals surface area contributed by atoms with Gasteiger partial charge in [0.1, 0.15) is 5.75 Å². The smallest absolute Gasteiger partial charge is 0.243 e. The van der Waals surface area contributed by atoms with E-state index >= 15 is 0 Å². The molecule has 2 heterocycles. The Kier molecular flexibility index (Phi) is 5.01. The molecule has 0 atom stereocenters. The van der Waals surface area contributed by atoms with Crippen molar-refractivity contribution in [3.05, 3.63) is 35.7 Å². The number of nitrogens with one attached hydrogen (secondary N) is 1. The van der Waals surface area contributed by atoms with E-state index in [0.717, 1.165) is 17.1 Å². The Labute approximate surface area is 148 Å². The van der Waals surface area contributed by atoms with Crippen LogP contribution in [0.1, 0.15) is 18.3 Å². The molecule has 0 saturated carbocycles. The Morgan fingerprint density at radius 1 is 1.12 bits per heavy atom. The van der Waals surface area contributed by atoms with Crippen LogP contribution < -0.4 is 9.64 Å². The molecular weight excluding hydrogens is 340 g/mol. The lowest BCUT2D eigenvalue weighted by molar-refractivity contribution is 0.340. The molecule has 0 radical (unpaired) electrons. The first-order valence-electron chi connectivity index (χ1n) is 8.43. The minimum absolute atomic E-state index is 0.306. The van der Waals surface area contributed by atoms with Crippen LogP contribution in [0.15, 0.2) is 29.2 Å². The van der Waals surface area contributed by atoms with Gasteiger partial charge in [0.05, 0.1) is 28.6 Å². The molecule has 1 aromatic carbocycles. The molecule has 1 saturated heterocycles. The number of H-pyrrole nitrogens is 1. The number of ether oxygens (including phenoxy) is 1. The highest BCUT2D eigenvalue weighted by atomic mass is 32.2. The Bertz CT molecular complexity index is 803. The second-order valence-corrected chi connectivity index (χ2v) is 8.02. The first-order valence-corrected chi connectivity index (χ1v) is 9.87. The lowest BCUT2D eigenvalue weighted by Crippen LogP contribution is -2.48. The van der Waals surface area contributed by atoms with Crippen molar-refractivity contribution < 1.29 is 13.2 Å². The topological polar surface area (TPSA) is 78.5 Å². The van der Waals surface area contributed by atoms with Gasteiger partial charge in [-0.1, -0.05) is 0 Å². The molecule has 1 N–H and O–H groups in total. The molecule has 25 heavy (non-hydrogen) atoms. The highest BCUT2D eigenvalue weighted by Crippen LogP contribution is 2.26. The van der Waals surface area contributed by atoms with E-state index in [1.165, 1.54) is 0 Å². The predicted octanol–water partition coefficient (Wildman–Crippen LogP) is 1.94. The lowest BCUT2D eigenvalue weighted by Gasteiger charge is -2.35. The minimum Gasteiger partial charge on any atom is -0.494 e. The van der Waals surface area contributed by atoms with Gasteiger partial charge in [-0.2, -0.15) is 9.40 Å². The number of piperazine rings is 1. The van der Waals surface area contributed by atoms with E-state index in [1.807, 2.05) is 20.8 Å². The maximum absolute atomic E-state index is 12.8. The van der Waals surface area contributed by atoms with Gasteiger partial charge in [-0.15, -0.1) is 0 Å². The van der Waals surface area contributed by atoms with E-state index in [4.69, 9.17) is 4.74 Å². The Hall–Kier alpha value is -2.06. The predicted molar refractivity (Wildman–Crippen MR) is 96.6 cm³/mol. The van der Waals surface area contributed by atoms with Crippen molar-refractivity contribution in [2.45, 2.75) is 25.7 Å². The van der Waals surface area contributed by atoms with Gasteiger partial charge in [0.25, 0.3) is 0 Å². The average Bonchev–Trinajstić information content (AvgIpc) is 2.94. The summed E-state index contributed by atoms with van der Waals surface area (Å²) in [6, 6.07) is 6.61. The summed E-state index contributed by atoms with van der Waals surface area (Å²) in [5.74, 6) is 0.678. The number of rotatable bonds is 5. The first kappa shape index (κ1) is 17.8. The van der Waals surface area contributed by atoms with Crippen molar-refractivity contribution in [3.63, 3.8) is 0 Å². The molecule has 1 fully saturated rings. The largest absolute Gasteiger partial charge is 0.494 e. The highest BCUT2D eigenvalue weighted by molar-refractivity contribution is 7.89. The fourth-order valence-corrected chi connectivity index (χ4v) is 4.61. The van der Waals surface area contributed by atoms with Crippen molar-refractivity contribution in [1.82, 2.24) is 14.5 Å². The van der Waals surface area contributed by atoms with Crippen LogP contribution in [0.5, 0.6) is 5.75 Å². The second-order valence-electron chi connectivity index (χ2n) is 6.08. The summed E-state index contributed by atoms with van der Waals surface area (Å²) in [6.07, 6.45) is 0. The Morgan fingerprint density at radius 3 is 2.28 bits per heavy atom. The van der Waals surface area contributed by atoms with Gasteiger partial charge in [0.2, 0.25) is 10.0 Å². The van der Waals surface area contributed by atoms with Gasteiger partial charge < -0.3 is 9.64 Å². The van der Waals surface area contributed by atoms with Crippen LogP contribution in [-0.4, -0.2) is 55.7 Å². The number of hydrogen-bond donors (Lipinski definition) is 1. The van der Waals surface area contributed by atoms with Crippen LogP contribution in [0.4, 0.5) is 5.69 Å². The molecule has 1 aliphatic heterocycles. The molecule has 3 rings (SSSR count). The molecule has 2 aromatic rings. The van der Waals surface area contributed by atoms with Gasteiger partial charge in [0.15, 0.2) is 0 Å². The molecule has 0 bridgehead atoms. The van der Waals surface area contributed by atoms with E-state index < -0.39 is 10.0 Å². The average molecular weight is 364 g/mol. The van der Waals surface area contributed by atoms with Crippen LogP contribution >= 0.6 is 0 Å². The quantitative estimate of drug-likeness (QED) is 0.877. The fourth-order valence-electron chi connectivity index (χ4n) is 3.19. The third-order valence-electron chi connectivity index (χ3n) is 4.42. The SMILES string of the molecule is CCOc1ccc(S(=O)(=O)N2CCN(c3c(C)n[nH]c3C)CC2)cc1. The van der Waals surface area contributed by atoms with Crippen LogP contribution in [0.2, 0.25) is 0 Å². The normalized spacial score (nSPS) is 16.2. The number of aromatic nitrogens is 2. The van der Waals surface area contributed by atoms with Crippen molar-refractivity contribution in [2.75, 3.05) is 37.7 Å². The number of sulfonamides is 1. The Balaban J connectivity index is 1.71. The minimum atomic E-state index is -3.48. The molecule has 0 unspecified atom stereocenters. The maximum Gasteiger partial charge on any atom is 0.243 e. The third-order valence-corrected chi connectivity index (χ3v) is 6.33. The van der Waals surface area contributed by atoms with Crippen LogP contribution in [0, 0.1) is 13.8 Å². The summed E-state index contributed by atoms with van der Waals surface area (Å²) >= 11 is 0.